The number of hydrogen-bond donors (Lipinski definition) is 0. The minimum Gasteiger partial charge on any atom is -0.372 e. The van der Waals surface area contributed by atoms with E-state index in [1.165, 1.54) is 11.1 Å². The molecule has 0 aromatic heterocycles. The van der Waals surface area contributed by atoms with Crippen LogP contribution in [0.2, 0.25) is 5.02 Å². The molecule has 0 amide bonds. The van der Waals surface area contributed by atoms with E-state index in [-0.39, 0.29) is 0 Å². The molecule has 0 unspecified atom stereocenters. The number of rotatable bonds is 0. The van der Waals surface area contributed by atoms with Crippen LogP contribution in [0.1, 0.15) is 11.1 Å². The summed E-state index contributed by atoms with van der Waals surface area (Å²) in [5, 5.41) is 0.829. The normalized spacial score (nSPS) is 15.1. The van der Waals surface area contributed by atoms with Crippen LogP contribution in [0.3, 0.4) is 0 Å². The monoisotopic (exact) mass is 280 g/mol. The molecule has 11 heavy (non-hydrogen) atoms. The van der Waals surface area contributed by atoms with Crippen molar-refractivity contribution in [1.29, 1.82) is 0 Å². The fourth-order valence-corrected chi connectivity index (χ4v) is 1.89. The Balaban J connectivity index is 2.57. The van der Waals surface area contributed by atoms with Crippen molar-refractivity contribution in [1.82, 2.24) is 0 Å². The standard InChI is InChI=1S/C8H6ClIO/c9-7-1-5-3-11-4-6(5)2-8(7)10/h1-2H,3-4H2. The maximum atomic E-state index is 5.93. The number of benzene rings is 1. The summed E-state index contributed by atoms with van der Waals surface area (Å²) in [6, 6.07) is 4.08. The Kier molecular flexibility index (Phi) is 2.08. The summed E-state index contributed by atoms with van der Waals surface area (Å²) < 4.78 is 6.37. The lowest BCUT2D eigenvalue weighted by Gasteiger charge is -1.99. The molecule has 1 nitrogen and oxygen atoms in total. The Morgan fingerprint density at radius 1 is 1.27 bits per heavy atom. The molecule has 3 heteroatoms. The molecular formula is C8H6ClIO. The summed E-state index contributed by atoms with van der Waals surface area (Å²) in [6.45, 7) is 1.45. The molecule has 58 valence electrons. The van der Waals surface area contributed by atoms with Crippen LogP contribution in [-0.2, 0) is 18.0 Å². The van der Waals surface area contributed by atoms with Gasteiger partial charge in [-0.1, -0.05) is 11.6 Å². The minimum atomic E-state index is 0.714. The maximum absolute atomic E-state index is 5.93. The minimum absolute atomic E-state index is 0.714. The zero-order valence-electron chi connectivity index (χ0n) is 5.73. The van der Waals surface area contributed by atoms with Crippen molar-refractivity contribution in [3.05, 3.63) is 31.9 Å². The molecule has 1 aliphatic heterocycles. The van der Waals surface area contributed by atoms with E-state index < -0.39 is 0 Å². The van der Waals surface area contributed by atoms with Crippen molar-refractivity contribution in [3.8, 4) is 0 Å². The van der Waals surface area contributed by atoms with E-state index in [1.54, 1.807) is 0 Å². The number of fused-ring (bicyclic) bond motifs is 1. The Morgan fingerprint density at radius 2 is 1.91 bits per heavy atom. The van der Waals surface area contributed by atoms with E-state index in [9.17, 15) is 0 Å². The van der Waals surface area contributed by atoms with Crippen LogP contribution in [-0.4, -0.2) is 0 Å². The van der Waals surface area contributed by atoms with E-state index in [1.807, 2.05) is 6.07 Å². The van der Waals surface area contributed by atoms with Gasteiger partial charge in [0.2, 0.25) is 0 Å². The van der Waals surface area contributed by atoms with Crippen molar-refractivity contribution in [3.63, 3.8) is 0 Å². The highest BCUT2D eigenvalue weighted by molar-refractivity contribution is 14.1. The van der Waals surface area contributed by atoms with Crippen molar-refractivity contribution >= 4 is 34.2 Å². The molecule has 0 radical (unpaired) electrons. The Bertz CT molecular complexity index is 269. The molecule has 0 fully saturated rings. The van der Waals surface area contributed by atoms with Gasteiger partial charge in [0.05, 0.1) is 18.2 Å². The summed E-state index contributed by atoms with van der Waals surface area (Å²) in [5.41, 5.74) is 2.51. The lowest BCUT2D eigenvalue weighted by molar-refractivity contribution is 0.134. The van der Waals surface area contributed by atoms with E-state index in [2.05, 4.69) is 28.7 Å². The van der Waals surface area contributed by atoms with Gasteiger partial charge in [0, 0.05) is 3.57 Å². The summed E-state index contributed by atoms with van der Waals surface area (Å²) >= 11 is 8.16. The van der Waals surface area contributed by atoms with Crippen molar-refractivity contribution < 1.29 is 4.74 Å². The van der Waals surface area contributed by atoms with Crippen molar-refractivity contribution in [2.45, 2.75) is 13.2 Å². The van der Waals surface area contributed by atoms with Crippen LogP contribution >= 0.6 is 34.2 Å². The lowest BCUT2D eigenvalue weighted by atomic mass is 10.1. The van der Waals surface area contributed by atoms with Crippen LogP contribution < -0.4 is 0 Å². The molecule has 1 heterocycles. The van der Waals surface area contributed by atoms with Gasteiger partial charge in [-0.3, -0.25) is 0 Å². The molecule has 0 atom stereocenters. The molecular weight excluding hydrogens is 274 g/mol. The number of ether oxygens (including phenoxy) is 1. The number of halogens is 2. The van der Waals surface area contributed by atoms with E-state index >= 15 is 0 Å². The van der Waals surface area contributed by atoms with Crippen molar-refractivity contribution in [2.75, 3.05) is 0 Å². The molecule has 1 aliphatic rings. The first kappa shape index (κ1) is 7.83. The van der Waals surface area contributed by atoms with Gasteiger partial charge < -0.3 is 4.74 Å². The largest absolute Gasteiger partial charge is 0.372 e. The van der Waals surface area contributed by atoms with E-state index in [0.717, 1.165) is 15.2 Å². The molecule has 1 aromatic carbocycles. The third kappa shape index (κ3) is 1.39. The van der Waals surface area contributed by atoms with Gasteiger partial charge in [0.15, 0.2) is 0 Å². The van der Waals surface area contributed by atoms with Gasteiger partial charge in [-0.15, -0.1) is 0 Å². The van der Waals surface area contributed by atoms with Crippen LogP contribution in [0, 0.1) is 3.57 Å². The first-order chi connectivity index (χ1) is 5.27. The predicted octanol–water partition coefficient (Wildman–Crippen LogP) is 2.97. The summed E-state index contributed by atoms with van der Waals surface area (Å²) in [7, 11) is 0. The third-order valence-electron chi connectivity index (χ3n) is 1.76. The molecule has 0 spiro atoms. The average molecular weight is 280 g/mol. The summed E-state index contributed by atoms with van der Waals surface area (Å²) in [4.78, 5) is 0. The first-order valence-electron chi connectivity index (χ1n) is 3.32. The second-order valence-electron chi connectivity index (χ2n) is 2.53. The van der Waals surface area contributed by atoms with Gasteiger partial charge in [-0.25, -0.2) is 0 Å². The molecule has 0 aliphatic carbocycles. The fraction of sp³-hybridized carbons (Fsp3) is 0.250. The quantitative estimate of drug-likeness (QED) is 0.664. The molecule has 0 N–H and O–H groups in total. The van der Waals surface area contributed by atoms with Crippen molar-refractivity contribution in [2.24, 2.45) is 0 Å². The van der Waals surface area contributed by atoms with Crippen LogP contribution in [0.5, 0.6) is 0 Å². The topological polar surface area (TPSA) is 9.23 Å². The maximum Gasteiger partial charge on any atom is 0.0725 e. The Hall–Kier alpha value is 0.200. The Labute approximate surface area is 83.8 Å². The van der Waals surface area contributed by atoms with Crippen LogP contribution in [0.4, 0.5) is 0 Å². The summed E-state index contributed by atoms with van der Waals surface area (Å²) in [6.07, 6.45) is 0. The predicted molar refractivity (Wildman–Crippen MR) is 52.7 cm³/mol. The van der Waals surface area contributed by atoms with Gasteiger partial charge in [0.25, 0.3) is 0 Å². The SMILES string of the molecule is Clc1cc2c(cc1I)COC2. The van der Waals surface area contributed by atoms with Gasteiger partial charge in [0.1, 0.15) is 0 Å². The fourth-order valence-electron chi connectivity index (χ4n) is 1.17. The molecule has 2 rings (SSSR count). The zero-order chi connectivity index (χ0) is 7.84. The molecule has 0 saturated heterocycles. The van der Waals surface area contributed by atoms with Crippen LogP contribution in [0.25, 0.3) is 0 Å². The lowest BCUT2D eigenvalue weighted by Crippen LogP contribution is -1.84. The van der Waals surface area contributed by atoms with E-state index in [0.29, 0.717) is 6.61 Å². The van der Waals surface area contributed by atoms with Gasteiger partial charge >= 0.3 is 0 Å². The van der Waals surface area contributed by atoms with Crippen LogP contribution in [0.15, 0.2) is 12.1 Å². The van der Waals surface area contributed by atoms with E-state index in [4.69, 9.17) is 16.3 Å². The van der Waals surface area contributed by atoms with Gasteiger partial charge in [-0.2, -0.15) is 0 Å². The first-order valence-corrected chi connectivity index (χ1v) is 4.77. The smallest absolute Gasteiger partial charge is 0.0725 e. The highest BCUT2D eigenvalue weighted by atomic mass is 127. The summed E-state index contributed by atoms with van der Waals surface area (Å²) in [5.74, 6) is 0. The zero-order valence-corrected chi connectivity index (χ0v) is 8.65. The highest BCUT2D eigenvalue weighted by Gasteiger charge is 2.12. The third-order valence-corrected chi connectivity index (χ3v) is 3.28. The molecule has 0 bridgehead atoms. The highest BCUT2D eigenvalue weighted by Crippen LogP contribution is 2.27. The second-order valence-corrected chi connectivity index (χ2v) is 4.10. The number of hydrogen-bond acceptors (Lipinski definition) is 1. The molecule has 0 saturated carbocycles. The molecule has 1 aromatic rings. The second kappa shape index (κ2) is 2.92. The van der Waals surface area contributed by atoms with Gasteiger partial charge in [-0.05, 0) is 45.9 Å². The average Bonchev–Trinajstić information content (AvgIpc) is 2.36. The Morgan fingerprint density at radius 3 is 2.64 bits per heavy atom.